The van der Waals surface area contributed by atoms with E-state index in [-0.39, 0.29) is 11.3 Å². The molecule has 0 aliphatic rings. The molecule has 0 aliphatic heterocycles. The molecular formula is C22H23NO2. The second-order valence-electron chi connectivity index (χ2n) is 6.85. The van der Waals surface area contributed by atoms with E-state index in [2.05, 4.69) is 37.4 Å². The summed E-state index contributed by atoms with van der Waals surface area (Å²) < 4.78 is 0. The fraction of sp³-hybridized carbons (Fsp3) is 0.273. The quantitative estimate of drug-likeness (QED) is 0.715. The third kappa shape index (κ3) is 3.14. The monoisotopic (exact) mass is 333 g/mol. The predicted octanol–water partition coefficient (Wildman–Crippen LogP) is 4.09. The van der Waals surface area contributed by atoms with Crippen LogP contribution in [0.25, 0.3) is 11.1 Å². The molecule has 25 heavy (non-hydrogen) atoms. The van der Waals surface area contributed by atoms with E-state index in [0.29, 0.717) is 17.8 Å². The van der Waals surface area contributed by atoms with Crippen LogP contribution in [0.2, 0.25) is 0 Å². The smallest absolute Gasteiger partial charge is 0.250 e. The molecule has 3 aromatic rings. The molecule has 1 atom stereocenters. The summed E-state index contributed by atoms with van der Waals surface area (Å²) in [5.74, 6) is 0.249. The van der Waals surface area contributed by atoms with E-state index in [1.165, 1.54) is 11.1 Å². The normalized spacial score (nSPS) is 12.3. The maximum Gasteiger partial charge on any atom is 0.250 e. The summed E-state index contributed by atoms with van der Waals surface area (Å²) in [6.45, 7) is 8.78. The average molecular weight is 333 g/mol. The Labute approximate surface area is 148 Å². The van der Waals surface area contributed by atoms with Gasteiger partial charge in [0.1, 0.15) is 0 Å². The van der Waals surface area contributed by atoms with Gasteiger partial charge in [-0.25, -0.2) is 0 Å². The summed E-state index contributed by atoms with van der Waals surface area (Å²) >= 11 is 0. The molecule has 3 nitrogen and oxygen atoms in total. The Morgan fingerprint density at radius 1 is 0.880 bits per heavy atom. The van der Waals surface area contributed by atoms with Gasteiger partial charge in [-0.05, 0) is 54.5 Å². The summed E-state index contributed by atoms with van der Waals surface area (Å²) in [6.07, 6.45) is 0. The van der Waals surface area contributed by atoms with E-state index in [0.717, 1.165) is 16.7 Å². The van der Waals surface area contributed by atoms with Gasteiger partial charge in [0.05, 0.1) is 11.3 Å². The molecule has 0 heterocycles. The third-order valence-electron chi connectivity index (χ3n) is 4.97. The first kappa shape index (κ1) is 17.2. The lowest BCUT2D eigenvalue weighted by molar-refractivity contribution is 0.803. The lowest BCUT2D eigenvalue weighted by Crippen LogP contribution is -2.37. The van der Waals surface area contributed by atoms with E-state index in [1.807, 2.05) is 38.1 Å². The van der Waals surface area contributed by atoms with Crippen LogP contribution in [0, 0.1) is 20.8 Å². The highest BCUT2D eigenvalue weighted by atomic mass is 16.2. The highest BCUT2D eigenvalue weighted by molar-refractivity contribution is 5.84. The summed E-state index contributed by atoms with van der Waals surface area (Å²) in [5.41, 5.74) is 5.60. The number of benzene rings is 2. The molecule has 0 fully saturated rings. The van der Waals surface area contributed by atoms with Crippen molar-refractivity contribution in [3.05, 3.63) is 85.2 Å². The molecule has 0 amide bonds. The van der Waals surface area contributed by atoms with Crippen molar-refractivity contribution in [2.75, 3.05) is 11.9 Å². The van der Waals surface area contributed by atoms with Gasteiger partial charge in [0.2, 0.25) is 10.9 Å². The first-order valence-corrected chi connectivity index (χ1v) is 8.60. The summed E-state index contributed by atoms with van der Waals surface area (Å²) in [4.78, 5) is 24.3. The van der Waals surface area contributed by atoms with E-state index in [4.69, 9.17) is 0 Å². The third-order valence-corrected chi connectivity index (χ3v) is 4.97. The van der Waals surface area contributed by atoms with Crippen molar-refractivity contribution >= 4 is 5.69 Å². The van der Waals surface area contributed by atoms with Crippen molar-refractivity contribution < 1.29 is 0 Å². The molecule has 0 unspecified atom stereocenters. The zero-order valence-electron chi connectivity index (χ0n) is 15.1. The Morgan fingerprint density at radius 3 is 2.20 bits per heavy atom. The molecule has 3 aromatic carbocycles. The minimum atomic E-state index is -0.409. The maximum absolute atomic E-state index is 12.2. The van der Waals surface area contributed by atoms with Gasteiger partial charge in [0.25, 0.3) is 0 Å². The maximum atomic E-state index is 12.2. The average Bonchev–Trinajstić information content (AvgIpc) is 2.62. The lowest BCUT2D eigenvalue weighted by Gasteiger charge is -2.19. The number of anilines is 1. The number of hydrogen-bond acceptors (Lipinski definition) is 3. The van der Waals surface area contributed by atoms with Crippen molar-refractivity contribution in [1.29, 1.82) is 0 Å². The van der Waals surface area contributed by atoms with Gasteiger partial charge in [0.15, 0.2) is 0 Å². The fourth-order valence-corrected chi connectivity index (χ4v) is 3.20. The molecule has 0 saturated carbocycles. The van der Waals surface area contributed by atoms with Crippen LogP contribution in [0.3, 0.4) is 0 Å². The van der Waals surface area contributed by atoms with Crippen LogP contribution >= 0.6 is 0 Å². The second kappa shape index (κ2) is 6.67. The molecule has 0 spiro atoms. The topological polar surface area (TPSA) is 46.2 Å². The minimum absolute atomic E-state index is 0.249. The van der Waals surface area contributed by atoms with E-state index in [9.17, 15) is 9.59 Å². The first-order valence-electron chi connectivity index (χ1n) is 8.60. The van der Waals surface area contributed by atoms with E-state index >= 15 is 0 Å². The molecule has 0 aliphatic carbocycles. The number of hydrogen-bond donors (Lipinski definition) is 1. The molecule has 0 aromatic heterocycles. The van der Waals surface area contributed by atoms with Gasteiger partial charge in [-0.15, -0.1) is 0 Å². The largest absolute Gasteiger partial charge is 0.381 e. The zero-order valence-corrected chi connectivity index (χ0v) is 15.1. The van der Waals surface area contributed by atoms with Crippen molar-refractivity contribution in [1.82, 2.24) is 0 Å². The number of rotatable bonds is 5. The van der Waals surface area contributed by atoms with Crippen LogP contribution in [-0.2, 0) is 0 Å². The fourth-order valence-electron chi connectivity index (χ4n) is 3.20. The molecule has 128 valence electrons. The van der Waals surface area contributed by atoms with E-state index in [1.54, 1.807) is 0 Å². The van der Waals surface area contributed by atoms with Crippen molar-refractivity contribution in [3.63, 3.8) is 0 Å². The van der Waals surface area contributed by atoms with Crippen LogP contribution in [0.1, 0.15) is 35.1 Å². The van der Waals surface area contributed by atoms with Gasteiger partial charge >= 0.3 is 0 Å². The van der Waals surface area contributed by atoms with Gasteiger partial charge in [-0.3, -0.25) is 9.59 Å². The Morgan fingerprint density at radius 2 is 1.52 bits per heavy atom. The molecule has 1 N–H and O–H groups in total. The van der Waals surface area contributed by atoms with Gasteiger partial charge in [-0.1, -0.05) is 49.4 Å². The molecule has 0 bridgehead atoms. The van der Waals surface area contributed by atoms with Crippen molar-refractivity contribution in [2.45, 2.75) is 33.6 Å². The number of aryl methyl sites for hydroxylation is 3. The molecule has 3 heteroatoms. The van der Waals surface area contributed by atoms with Crippen LogP contribution in [-0.4, -0.2) is 6.54 Å². The van der Waals surface area contributed by atoms with Crippen molar-refractivity contribution in [2.24, 2.45) is 0 Å². The van der Waals surface area contributed by atoms with Crippen LogP contribution in [0.5, 0.6) is 0 Å². The summed E-state index contributed by atoms with van der Waals surface area (Å²) in [6, 6.07) is 14.2. The highest BCUT2D eigenvalue weighted by Gasteiger charge is 2.24. The van der Waals surface area contributed by atoms with Crippen molar-refractivity contribution in [3.8, 4) is 11.1 Å². The lowest BCUT2D eigenvalue weighted by atomic mass is 9.91. The molecule has 3 rings (SSSR count). The molecular weight excluding hydrogens is 310 g/mol. The number of nitrogens with one attached hydrogen (secondary N) is 1. The first-order chi connectivity index (χ1) is 11.9. The Bertz CT molecular complexity index is 979. The molecule has 0 radical (unpaired) electrons. The zero-order chi connectivity index (χ0) is 18.1. The SMILES string of the molecule is Cc1cc(C)c(-c2c(NC[C@H](C)c3ccccc3)c(=O)c2=O)cc1C. The standard InChI is InChI=1S/C22H23NO2/c1-13-10-15(3)18(11-14(13)2)19-20(22(25)21(19)24)23-12-16(4)17-8-6-5-7-9-17/h5-11,16,23H,12H2,1-4H3/t16-/m0/s1. The van der Waals surface area contributed by atoms with Crippen LogP contribution < -0.4 is 16.2 Å². The minimum Gasteiger partial charge on any atom is -0.381 e. The summed E-state index contributed by atoms with van der Waals surface area (Å²) in [7, 11) is 0. The highest BCUT2D eigenvalue weighted by Crippen LogP contribution is 2.29. The second-order valence-corrected chi connectivity index (χ2v) is 6.85. The molecule has 0 saturated heterocycles. The Balaban J connectivity index is 1.88. The van der Waals surface area contributed by atoms with Gasteiger partial charge in [-0.2, -0.15) is 0 Å². The Hall–Kier alpha value is -2.68. The van der Waals surface area contributed by atoms with Crippen LogP contribution in [0.4, 0.5) is 5.69 Å². The Kier molecular flexibility index (Phi) is 4.58. The van der Waals surface area contributed by atoms with E-state index < -0.39 is 5.43 Å². The van der Waals surface area contributed by atoms with Gasteiger partial charge in [0, 0.05) is 6.54 Å². The predicted molar refractivity (Wildman–Crippen MR) is 104 cm³/mol. The summed E-state index contributed by atoms with van der Waals surface area (Å²) in [5, 5.41) is 3.22. The van der Waals surface area contributed by atoms with Gasteiger partial charge < -0.3 is 5.32 Å². The van der Waals surface area contributed by atoms with Crippen LogP contribution in [0.15, 0.2) is 52.1 Å².